The number of hydrogen-bond donors (Lipinski definition) is 3. The quantitative estimate of drug-likeness (QED) is 0.306. The molecule has 0 radical (unpaired) electrons. The van der Waals surface area contributed by atoms with E-state index in [2.05, 4.69) is 47.8 Å². The van der Waals surface area contributed by atoms with Crippen molar-refractivity contribution in [2.24, 2.45) is 0 Å². The first kappa shape index (κ1) is 32.3. The van der Waals surface area contributed by atoms with E-state index < -0.39 is 0 Å². The number of hydrogen-bond acceptors (Lipinski definition) is 6. The SMILES string of the molecule is CC(=O)/C(Br)=C(/C)O.CC(=O)/C(Br)=C(/C)O.CC(=O)/C(Br)=C(/C)O.[Cr]. The minimum absolute atomic E-state index is 0. The van der Waals surface area contributed by atoms with Gasteiger partial charge in [0, 0.05) is 17.4 Å². The van der Waals surface area contributed by atoms with Crippen LogP contribution in [-0.2, 0) is 31.7 Å². The summed E-state index contributed by atoms with van der Waals surface area (Å²) in [5.41, 5.74) is 0. The molecule has 0 aromatic rings. The molecule has 0 fully saturated rings. The summed E-state index contributed by atoms with van der Waals surface area (Å²) in [4.78, 5) is 31.0. The van der Waals surface area contributed by atoms with Crippen LogP contribution < -0.4 is 0 Å². The third-order valence-electron chi connectivity index (χ3n) is 1.88. The Balaban J connectivity index is -0.000000130. The van der Waals surface area contributed by atoms with Crippen LogP contribution in [0, 0.1) is 0 Å². The number of carbonyl (C=O) groups is 3. The second kappa shape index (κ2) is 17.0. The van der Waals surface area contributed by atoms with Crippen LogP contribution in [0.4, 0.5) is 0 Å². The fourth-order valence-electron chi connectivity index (χ4n) is 0.764. The minimum atomic E-state index is -0.162. The van der Waals surface area contributed by atoms with Crippen LogP contribution in [0.25, 0.3) is 0 Å². The van der Waals surface area contributed by atoms with Crippen molar-refractivity contribution in [1.29, 1.82) is 0 Å². The van der Waals surface area contributed by atoms with E-state index in [1.165, 1.54) is 41.5 Å². The number of aliphatic hydroxyl groups is 3. The average molecular weight is 589 g/mol. The molecular formula is C15H21Br3CrO6. The summed E-state index contributed by atoms with van der Waals surface area (Å²) in [6.07, 6.45) is 0. The van der Waals surface area contributed by atoms with Gasteiger partial charge in [0.05, 0.1) is 13.4 Å². The Hall–Kier alpha value is -0.398. The number of rotatable bonds is 3. The molecule has 0 heterocycles. The molecule has 144 valence electrons. The summed E-state index contributed by atoms with van der Waals surface area (Å²) in [7, 11) is 0. The molecule has 0 saturated heterocycles. The predicted octanol–water partition coefficient (Wildman–Crippen LogP) is 5.28. The van der Waals surface area contributed by atoms with Crippen LogP contribution in [-0.4, -0.2) is 32.7 Å². The van der Waals surface area contributed by atoms with Crippen molar-refractivity contribution < 1.29 is 47.1 Å². The molecule has 0 aliphatic carbocycles. The first-order chi connectivity index (χ1) is 10.7. The Bertz CT molecular complexity index is 487. The maximum Gasteiger partial charge on any atom is 0.170 e. The summed E-state index contributed by atoms with van der Waals surface area (Å²) < 4.78 is 0.743. The molecule has 0 aliphatic rings. The van der Waals surface area contributed by atoms with Crippen LogP contribution in [0.15, 0.2) is 30.7 Å². The van der Waals surface area contributed by atoms with Gasteiger partial charge in [-0.3, -0.25) is 14.4 Å². The van der Waals surface area contributed by atoms with Crippen LogP contribution in [0.3, 0.4) is 0 Å². The molecule has 6 nitrogen and oxygen atoms in total. The van der Waals surface area contributed by atoms with E-state index in [0.29, 0.717) is 0 Å². The van der Waals surface area contributed by atoms with E-state index in [9.17, 15) is 14.4 Å². The number of allylic oxidation sites excluding steroid dienone is 6. The van der Waals surface area contributed by atoms with Crippen molar-refractivity contribution in [2.45, 2.75) is 41.5 Å². The summed E-state index contributed by atoms with van der Waals surface area (Å²) in [6, 6.07) is 0. The van der Waals surface area contributed by atoms with Gasteiger partial charge in [-0.15, -0.1) is 0 Å². The fraction of sp³-hybridized carbons (Fsp3) is 0.400. The van der Waals surface area contributed by atoms with Crippen molar-refractivity contribution in [2.75, 3.05) is 0 Å². The van der Waals surface area contributed by atoms with E-state index in [1.807, 2.05) is 0 Å². The van der Waals surface area contributed by atoms with Gasteiger partial charge in [0.2, 0.25) is 0 Å². The Morgan fingerprint density at radius 3 is 0.640 bits per heavy atom. The minimum Gasteiger partial charge on any atom is -0.511 e. The number of halogens is 3. The van der Waals surface area contributed by atoms with E-state index in [-0.39, 0.29) is 65.4 Å². The summed E-state index contributed by atoms with van der Waals surface area (Å²) in [5, 5.41) is 25.8. The maximum atomic E-state index is 10.3. The topological polar surface area (TPSA) is 112 Å². The van der Waals surface area contributed by atoms with Gasteiger partial charge in [0.25, 0.3) is 0 Å². The zero-order valence-corrected chi connectivity index (χ0v) is 20.6. The zero-order valence-electron chi connectivity index (χ0n) is 14.6. The second-order valence-electron chi connectivity index (χ2n) is 4.37. The molecule has 0 bridgehead atoms. The van der Waals surface area contributed by atoms with Gasteiger partial charge in [0.1, 0.15) is 17.3 Å². The molecule has 0 unspecified atom stereocenters. The summed E-state index contributed by atoms with van der Waals surface area (Å²) in [6.45, 7) is 8.49. The first-order valence-electron chi connectivity index (χ1n) is 6.35. The number of Topliss-reactive ketones (excluding diaryl/α,β-unsaturated/α-hetero) is 3. The molecule has 3 N–H and O–H groups in total. The Labute approximate surface area is 183 Å². The maximum absolute atomic E-state index is 10.3. The van der Waals surface area contributed by atoms with E-state index in [0.717, 1.165) is 0 Å². The third kappa shape index (κ3) is 19.8. The van der Waals surface area contributed by atoms with Gasteiger partial charge in [0.15, 0.2) is 17.3 Å². The van der Waals surface area contributed by atoms with Crippen molar-refractivity contribution >= 4 is 65.1 Å². The molecule has 0 aromatic carbocycles. The molecule has 0 spiro atoms. The van der Waals surface area contributed by atoms with Gasteiger partial charge in [-0.25, -0.2) is 0 Å². The Kier molecular flexibility index (Phi) is 22.0. The Morgan fingerprint density at radius 2 is 0.640 bits per heavy atom. The standard InChI is InChI=1S/3C5H7BrO2.Cr/c3*1-3(7)5(6)4(2)8;/h3*7H,1-2H3;/b3*5-3+;. The summed E-state index contributed by atoms with van der Waals surface area (Å²) >= 11 is 8.66. The molecule has 10 heteroatoms. The molecular weight excluding hydrogens is 568 g/mol. The zero-order chi connectivity index (χ0) is 20.2. The second-order valence-corrected chi connectivity index (χ2v) is 6.75. The van der Waals surface area contributed by atoms with Gasteiger partial charge >= 0.3 is 0 Å². The third-order valence-corrected chi connectivity index (χ3v) is 5.28. The molecule has 0 amide bonds. The predicted molar refractivity (Wildman–Crippen MR) is 105 cm³/mol. The van der Waals surface area contributed by atoms with Crippen molar-refractivity contribution in [1.82, 2.24) is 0 Å². The van der Waals surface area contributed by atoms with Crippen LogP contribution in [0.5, 0.6) is 0 Å². The fourth-order valence-corrected chi connectivity index (χ4v) is 0.764. The Morgan fingerprint density at radius 1 is 0.520 bits per heavy atom. The van der Waals surface area contributed by atoms with Gasteiger partial charge in [-0.2, -0.15) is 0 Å². The monoisotopic (exact) mass is 586 g/mol. The van der Waals surface area contributed by atoms with Crippen LogP contribution in [0.2, 0.25) is 0 Å². The summed E-state index contributed by atoms with van der Waals surface area (Å²) in [5.74, 6) is -0.410. The van der Waals surface area contributed by atoms with Crippen molar-refractivity contribution in [3.63, 3.8) is 0 Å². The number of ketones is 3. The van der Waals surface area contributed by atoms with Gasteiger partial charge < -0.3 is 15.3 Å². The van der Waals surface area contributed by atoms with Crippen molar-refractivity contribution in [3.05, 3.63) is 30.7 Å². The van der Waals surface area contributed by atoms with Crippen molar-refractivity contribution in [3.8, 4) is 0 Å². The van der Waals surface area contributed by atoms with Gasteiger partial charge in [-0.1, -0.05) is 0 Å². The molecule has 0 rings (SSSR count). The molecule has 0 aliphatic heterocycles. The average Bonchev–Trinajstić information content (AvgIpc) is 2.45. The first-order valence-corrected chi connectivity index (χ1v) is 8.73. The molecule has 0 aromatic heterocycles. The number of aliphatic hydroxyl groups excluding tert-OH is 3. The van der Waals surface area contributed by atoms with Crippen LogP contribution >= 0.6 is 47.8 Å². The largest absolute Gasteiger partial charge is 0.511 e. The van der Waals surface area contributed by atoms with Crippen LogP contribution in [0.1, 0.15) is 41.5 Å². The van der Waals surface area contributed by atoms with Gasteiger partial charge in [-0.05, 0) is 89.3 Å². The molecule has 0 saturated carbocycles. The van der Waals surface area contributed by atoms with E-state index >= 15 is 0 Å². The number of carbonyl (C=O) groups excluding carboxylic acids is 3. The molecule has 0 atom stereocenters. The van der Waals surface area contributed by atoms with E-state index in [4.69, 9.17) is 15.3 Å². The normalized spacial score (nSPS) is 12.4. The van der Waals surface area contributed by atoms with E-state index in [1.54, 1.807) is 0 Å². The smallest absolute Gasteiger partial charge is 0.170 e. The molecule has 25 heavy (non-hydrogen) atoms.